The Hall–Kier alpha value is -2.38. The standard InChI is InChI=1S/C23H24F4O3/c1-3-5-6-7-14-12-29-23(30-13-14)17-9-8-15(19(24)21(17)26)16-10-11-18(28-4-2)22(27)20(16)25/h3,5,8-11,14,23H,4,6-7,12-13H2,1-2H3/b5-3+. The zero-order valence-electron chi connectivity index (χ0n) is 16.9. The molecule has 0 aromatic heterocycles. The van der Waals surface area contributed by atoms with E-state index in [2.05, 4.69) is 0 Å². The highest BCUT2D eigenvalue weighted by molar-refractivity contribution is 5.66. The normalized spacial score (nSPS) is 19.4. The van der Waals surface area contributed by atoms with Crippen LogP contribution in [-0.4, -0.2) is 19.8 Å². The van der Waals surface area contributed by atoms with Crippen LogP contribution in [0.5, 0.6) is 5.75 Å². The SMILES string of the molecule is C/C=C/CCC1COC(c2ccc(-c3ccc(OCC)c(F)c3F)c(F)c2F)OC1. The van der Waals surface area contributed by atoms with Crippen molar-refractivity contribution in [1.82, 2.24) is 0 Å². The van der Waals surface area contributed by atoms with Gasteiger partial charge in [0, 0.05) is 22.6 Å². The molecule has 30 heavy (non-hydrogen) atoms. The van der Waals surface area contributed by atoms with Gasteiger partial charge in [0.05, 0.1) is 19.8 Å². The Morgan fingerprint density at radius 1 is 0.933 bits per heavy atom. The topological polar surface area (TPSA) is 27.7 Å². The molecular formula is C23H24F4O3. The van der Waals surface area contributed by atoms with Crippen molar-refractivity contribution >= 4 is 0 Å². The third-order valence-corrected chi connectivity index (χ3v) is 4.95. The van der Waals surface area contributed by atoms with E-state index in [-0.39, 0.29) is 23.8 Å². The van der Waals surface area contributed by atoms with Gasteiger partial charge < -0.3 is 14.2 Å². The van der Waals surface area contributed by atoms with Crippen LogP contribution in [0.25, 0.3) is 11.1 Å². The van der Waals surface area contributed by atoms with Gasteiger partial charge in [-0.15, -0.1) is 0 Å². The molecule has 0 spiro atoms. The van der Waals surface area contributed by atoms with Crippen LogP contribution >= 0.6 is 0 Å². The van der Waals surface area contributed by atoms with E-state index in [1.807, 2.05) is 19.1 Å². The van der Waals surface area contributed by atoms with Crippen molar-refractivity contribution in [3.8, 4) is 16.9 Å². The fraction of sp³-hybridized carbons (Fsp3) is 0.391. The Bertz CT molecular complexity index is 906. The van der Waals surface area contributed by atoms with Crippen molar-refractivity contribution in [2.45, 2.75) is 33.0 Å². The minimum absolute atomic E-state index is 0.116. The summed E-state index contributed by atoms with van der Waals surface area (Å²) in [5.74, 6) is -5.17. The lowest BCUT2D eigenvalue weighted by Crippen LogP contribution is -2.27. The third kappa shape index (κ3) is 4.68. The molecule has 0 amide bonds. The van der Waals surface area contributed by atoms with Crippen LogP contribution in [0.4, 0.5) is 17.6 Å². The number of benzene rings is 2. The van der Waals surface area contributed by atoms with E-state index >= 15 is 0 Å². The quantitative estimate of drug-likeness (QED) is 0.384. The van der Waals surface area contributed by atoms with E-state index in [0.717, 1.165) is 18.9 Å². The molecular weight excluding hydrogens is 400 g/mol. The predicted molar refractivity (Wildman–Crippen MR) is 105 cm³/mol. The van der Waals surface area contributed by atoms with Gasteiger partial charge >= 0.3 is 0 Å². The molecule has 0 atom stereocenters. The molecule has 2 aromatic carbocycles. The molecule has 162 valence electrons. The zero-order chi connectivity index (χ0) is 21.7. The van der Waals surface area contributed by atoms with E-state index < -0.39 is 40.7 Å². The number of halogens is 4. The van der Waals surface area contributed by atoms with Gasteiger partial charge in [0.1, 0.15) is 0 Å². The first-order valence-corrected chi connectivity index (χ1v) is 9.91. The molecule has 1 aliphatic heterocycles. The number of ether oxygens (including phenoxy) is 3. The third-order valence-electron chi connectivity index (χ3n) is 4.95. The summed E-state index contributed by atoms with van der Waals surface area (Å²) in [6.07, 6.45) is 4.72. The lowest BCUT2D eigenvalue weighted by atomic mass is 10.0. The molecule has 7 heteroatoms. The molecule has 3 rings (SSSR count). The summed E-state index contributed by atoms with van der Waals surface area (Å²) in [4.78, 5) is 0. The fourth-order valence-electron chi connectivity index (χ4n) is 3.35. The summed E-state index contributed by atoms with van der Waals surface area (Å²) in [6.45, 7) is 4.44. The van der Waals surface area contributed by atoms with Crippen molar-refractivity contribution < 1.29 is 31.8 Å². The second-order valence-electron chi connectivity index (χ2n) is 7.01. The van der Waals surface area contributed by atoms with E-state index in [1.54, 1.807) is 6.92 Å². The molecule has 0 radical (unpaired) electrons. The second-order valence-corrected chi connectivity index (χ2v) is 7.01. The molecule has 0 N–H and O–H groups in total. The molecule has 1 heterocycles. The fourth-order valence-corrected chi connectivity index (χ4v) is 3.35. The first-order valence-electron chi connectivity index (χ1n) is 9.91. The molecule has 2 aromatic rings. The monoisotopic (exact) mass is 424 g/mol. The highest BCUT2D eigenvalue weighted by Crippen LogP contribution is 2.36. The van der Waals surface area contributed by atoms with Crippen LogP contribution in [-0.2, 0) is 9.47 Å². The Labute approximate surface area is 173 Å². The van der Waals surface area contributed by atoms with Crippen molar-refractivity contribution in [2.24, 2.45) is 5.92 Å². The highest BCUT2D eigenvalue weighted by atomic mass is 19.2. The summed E-state index contributed by atoms with van der Waals surface area (Å²) in [5, 5.41) is 0. The van der Waals surface area contributed by atoms with Gasteiger partial charge in [-0.1, -0.05) is 24.3 Å². The van der Waals surface area contributed by atoms with Gasteiger partial charge in [0.2, 0.25) is 5.82 Å². The molecule has 3 nitrogen and oxygen atoms in total. The van der Waals surface area contributed by atoms with Crippen molar-refractivity contribution in [3.63, 3.8) is 0 Å². The van der Waals surface area contributed by atoms with Crippen molar-refractivity contribution in [2.75, 3.05) is 19.8 Å². The van der Waals surface area contributed by atoms with Crippen LogP contribution in [0.2, 0.25) is 0 Å². The lowest BCUT2D eigenvalue weighted by Gasteiger charge is -2.29. The van der Waals surface area contributed by atoms with E-state index in [1.165, 1.54) is 18.2 Å². The first kappa shape index (κ1) is 22.3. The molecule has 0 unspecified atom stereocenters. The van der Waals surface area contributed by atoms with Crippen LogP contribution in [0, 0.1) is 29.2 Å². The average Bonchev–Trinajstić information content (AvgIpc) is 2.75. The predicted octanol–water partition coefficient (Wildman–Crippen LogP) is 6.33. The Kier molecular flexibility index (Phi) is 7.50. The molecule has 0 saturated carbocycles. The summed E-state index contributed by atoms with van der Waals surface area (Å²) in [7, 11) is 0. The van der Waals surface area contributed by atoms with E-state index in [9.17, 15) is 17.6 Å². The Morgan fingerprint density at radius 3 is 2.20 bits per heavy atom. The largest absolute Gasteiger partial charge is 0.491 e. The Balaban J connectivity index is 1.79. The Morgan fingerprint density at radius 2 is 1.57 bits per heavy atom. The summed E-state index contributed by atoms with van der Waals surface area (Å²) in [6, 6.07) is 4.80. The maximum absolute atomic E-state index is 14.7. The second kappa shape index (κ2) is 10.1. The maximum atomic E-state index is 14.7. The summed E-state index contributed by atoms with van der Waals surface area (Å²) >= 11 is 0. The molecule has 0 bridgehead atoms. The number of allylic oxidation sites excluding steroid dienone is 2. The van der Waals surface area contributed by atoms with Crippen molar-refractivity contribution in [3.05, 3.63) is 65.2 Å². The summed E-state index contributed by atoms with van der Waals surface area (Å²) < 4.78 is 74.1. The van der Waals surface area contributed by atoms with E-state index in [4.69, 9.17) is 14.2 Å². The van der Waals surface area contributed by atoms with Gasteiger partial charge in [-0.05, 0) is 38.8 Å². The van der Waals surface area contributed by atoms with Gasteiger partial charge in [-0.2, -0.15) is 4.39 Å². The number of hydrogen-bond donors (Lipinski definition) is 0. The minimum atomic E-state index is -1.30. The van der Waals surface area contributed by atoms with Gasteiger partial charge in [-0.25, -0.2) is 13.2 Å². The van der Waals surface area contributed by atoms with Crippen LogP contribution < -0.4 is 4.74 Å². The van der Waals surface area contributed by atoms with Gasteiger partial charge in [-0.3, -0.25) is 0 Å². The van der Waals surface area contributed by atoms with Crippen LogP contribution in [0.3, 0.4) is 0 Å². The smallest absolute Gasteiger partial charge is 0.201 e. The first-order chi connectivity index (χ1) is 14.5. The highest BCUT2D eigenvalue weighted by Gasteiger charge is 2.28. The molecule has 1 saturated heterocycles. The molecule has 1 aliphatic rings. The number of rotatable bonds is 7. The van der Waals surface area contributed by atoms with Gasteiger partial charge in [0.15, 0.2) is 29.5 Å². The van der Waals surface area contributed by atoms with Crippen LogP contribution in [0.15, 0.2) is 36.4 Å². The number of hydrogen-bond acceptors (Lipinski definition) is 3. The lowest BCUT2D eigenvalue weighted by molar-refractivity contribution is -0.207. The average molecular weight is 424 g/mol. The summed E-state index contributed by atoms with van der Waals surface area (Å²) in [5.41, 5.74) is -0.904. The van der Waals surface area contributed by atoms with Crippen molar-refractivity contribution in [1.29, 1.82) is 0 Å². The van der Waals surface area contributed by atoms with Crippen LogP contribution in [0.1, 0.15) is 38.5 Å². The molecule has 1 fully saturated rings. The molecule has 0 aliphatic carbocycles. The zero-order valence-corrected chi connectivity index (χ0v) is 16.9. The maximum Gasteiger partial charge on any atom is 0.201 e. The minimum Gasteiger partial charge on any atom is -0.491 e. The van der Waals surface area contributed by atoms with E-state index in [0.29, 0.717) is 13.2 Å². The van der Waals surface area contributed by atoms with Gasteiger partial charge in [0.25, 0.3) is 0 Å².